The Labute approximate surface area is 119 Å². The number of hydrogen-bond donors (Lipinski definition) is 1. The summed E-state index contributed by atoms with van der Waals surface area (Å²) in [6.07, 6.45) is 1.45. The number of nitrogens with one attached hydrogen (secondary N) is 1. The van der Waals surface area contributed by atoms with Gasteiger partial charge in [-0.2, -0.15) is 0 Å². The lowest BCUT2D eigenvalue weighted by molar-refractivity contribution is -0.116. The van der Waals surface area contributed by atoms with E-state index in [2.05, 4.69) is 5.32 Å². The minimum absolute atomic E-state index is 0.333. The molecule has 1 aromatic carbocycles. The average Bonchev–Trinajstić information content (AvgIpc) is 2.28. The van der Waals surface area contributed by atoms with Crippen LogP contribution < -0.4 is 5.32 Å². The second kappa shape index (κ2) is 5.17. The summed E-state index contributed by atoms with van der Waals surface area (Å²) < 4.78 is 44.5. The fourth-order valence-electron chi connectivity index (χ4n) is 1.49. The molecule has 0 saturated carbocycles. The highest BCUT2D eigenvalue weighted by molar-refractivity contribution is 8.10. The predicted octanol–water partition coefficient (Wildman–Crippen LogP) is 0.739. The number of aryl methyl sites for hydroxylation is 1. The molecular formula is C12H17NO5S2. The molecule has 1 N–H and O–H groups in total. The predicted molar refractivity (Wildman–Crippen MR) is 77.9 cm³/mol. The third kappa shape index (κ3) is 3.01. The van der Waals surface area contributed by atoms with Gasteiger partial charge in [0.05, 0.1) is 0 Å². The van der Waals surface area contributed by atoms with Crippen molar-refractivity contribution in [3.63, 3.8) is 0 Å². The van der Waals surface area contributed by atoms with Gasteiger partial charge in [0, 0.05) is 18.2 Å². The molecule has 1 rings (SSSR count). The van der Waals surface area contributed by atoms with Crippen LogP contribution in [0.5, 0.6) is 0 Å². The zero-order valence-corrected chi connectivity index (χ0v) is 13.3. The number of rotatable bonds is 4. The Morgan fingerprint density at radius 2 is 1.40 bits per heavy atom. The third-order valence-corrected chi connectivity index (χ3v) is 8.15. The van der Waals surface area contributed by atoms with E-state index in [1.165, 1.54) is 0 Å². The highest BCUT2D eigenvalue weighted by Crippen LogP contribution is 2.25. The van der Waals surface area contributed by atoms with Crippen molar-refractivity contribution in [2.75, 3.05) is 17.8 Å². The minimum atomic E-state index is -4.15. The van der Waals surface area contributed by atoms with E-state index in [0.717, 1.165) is 25.0 Å². The van der Waals surface area contributed by atoms with Crippen LogP contribution in [0.2, 0.25) is 0 Å². The zero-order valence-electron chi connectivity index (χ0n) is 11.7. The molecule has 0 spiro atoms. The quantitative estimate of drug-likeness (QED) is 0.882. The zero-order chi connectivity index (χ0) is 15.8. The molecule has 8 heteroatoms. The molecule has 0 saturated heterocycles. The third-order valence-electron chi connectivity index (χ3n) is 3.14. The summed E-state index contributed by atoms with van der Waals surface area (Å²) in [6, 6.07) is 6.57. The summed E-state index contributed by atoms with van der Waals surface area (Å²) >= 11 is 0. The molecule has 1 amide bonds. The molecule has 0 fully saturated rings. The van der Waals surface area contributed by atoms with E-state index in [4.69, 9.17) is 0 Å². The van der Waals surface area contributed by atoms with Gasteiger partial charge in [-0.25, -0.2) is 16.8 Å². The van der Waals surface area contributed by atoms with Crippen molar-refractivity contribution in [3.8, 4) is 0 Å². The second-order valence-corrected chi connectivity index (χ2v) is 9.79. The maximum atomic E-state index is 12.1. The molecule has 0 aliphatic rings. The van der Waals surface area contributed by atoms with E-state index >= 15 is 0 Å². The summed E-state index contributed by atoms with van der Waals surface area (Å²) in [5, 5.41) is 2.33. The van der Waals surface area contributed by atoms with Crippen molar-refractivity contribution in [2.24, 2.45) is 0 Å². The van der Waals surface area contributed by atoms with E-state index in [9.17, 15) is 21.6 Å². The minimum Gasteiger partial charge on any atom is -0.324 e. The largest absolute Gasteiger partial charge is 0.324 e. The first-order valence-electron chi connectivity index (χ1n) is 5.67. The second-order valence-electron chi connectivity index (χ2n) is 4.81. The van der Waals surface area contributed by atoms with Crippen LogP contribution in [-0.2, 0) is 24.5 Å². The van der Waals surface area contributed by atoms with E-state index in [1.54, 1.807) is 24.3 Å². The van der Waals surface area contributed by atoms with Crippen LogP contribution in [0.15, 0.2) is 24.3 Å². The molecular weight excluding hydrogens is 302 g/mol. The summed E-state index contributed by atoms with van der Waals surface area (Å²) in [6.45, 7) is 2.74. The van der Waals surface area contributed by atoms with Crippen molar-refractivity contribution in [2.45, 2.75) is 17.9 Å². The number of hydrogen-bond acceptors (Lipinski definition) is 5. The van der Waals surface area contributed by atoms with Crippen molar-refractivity contribution in [1.82, 2.24) is 0 Å². The summed E-state index contributed by atoms with van der Waals surface area (Å²) in [4.78, 5) is 12.1. The lowest BCUT2D eigenvalue weighted by Crippen LogP contribution is -2.52. The number of benzene rings is 1. The van der Waals surface area contributed by atoms with E-state index in [1.807, 2.05) is 6.92 Å². The number of amides is 1. The number of anilines is 1. The molecule has 0 aliphatic heterocycles. The molecule has 112 valence electrons. The van der Waals surface area contributed by atoms with Gasteiger partial charge in [0.25, 0.3) is 5.91 Å². The lowest BCUT2D eigenvalue weighted by atomic mass is 10.2. The van der Waals surface area contributed by atoms with Gasteiger partial charge in [-0.3, -0.25) is 4.79 Å². The Hall–Kier alpha value is -1.41. The van der Waals surface area contributed by atoms with Crippen molar-refractivity contribution < 1.29 is 21.6 Å². The Morgan fingerprint density at radius 3 is 1.75 bits per heavy atom. The molecule has 0 aromatic heterocycles. The maximum absolute atomic E-state index is 12.1. The summed E-state index contributed by atoms with van der Waals surface area (Å²) in [7, 11) is -8.30. The normalized spacial score (nSPS) is 13.0. The first-order chi connectivity index (χ1) is 8.89. The van der Waals surface area contributed by atoms with Crippen LogP contribution in [0.3, 0.4) is 0 Å². The monoisotopic (exact) mass is 319 g/mol. The van der Waals surface area contributed by atoms with E-state index < -0.39 is 29.7 Å². The molecule has 0 radical (unpaired) electrons. The van der Waals surface area contributed by atoms with Crippen LogP contribution in [0.1, 0.15) is 12.5 Å². The Morgan fingerprint density at radius 1 is 1.00 bits per heavy atom. The van der Waals surface area contributed by atoms with Crippen LogP contribution in [0, 0.1) is 6.92 Å². The standard InChI is InChI=1S/C12H17NO5S2/c1-9-5-7-10(8-6-9)13-11(14)12(2,19(3,15)16)20(4,17)18/h5-8H,1-4H3,(H,13,14). The highest BCUT2D eigenvalue weighted by atomic mass is 32.3. The van der Waals surface area contributed by atoms with E-state index in [-0.39, 0.29) is 0 Å². The molecule has 0 unspecified atom stereocenters. The number of carbonyl (C=O) groups excluding carboxylic acids is 1. The molecule has 0 bridgehead atoms. The fraction of sp³-hybridized carbons (Fsp3) is 0.417. The topological polar surface area (TPSA) is 97.4 Å². The smallest absolute Gasteiger partial charge is 0.261 e. The van der Waals surface area contributed by atoms with Crippen molar-refractivity contribution >= 4 is 31.3 Å². The van der Waals surface area contributed by atoms with Crippen LogP contribution in [-0.4, -0.2) is 39.3 Å². The molecule has 1 aromatic rings. The van der Waals surface area contributed by atoms with Crippen LogP contribution >= 0.6 is 0 Å². The van der Waals surface area contributed by atoms with Gasteiger partial charge < -0.3 is 5.32 Å². The first kappa shape index (κ1) is 16.6. The van der Waals surface area contributed by atoms with Crippen LogP contribution in [0.4, 0.5) is 5.69 Å². The van der Waals surface area contributed by atoms with Gasteiger partial charge in [-0.15, -0.1) is 0 Å². The summed E-state index contributed by atoms with van der Waals surface area (Å²) in [5.41, 5.74) is 1.29. The Bertz CT molecular complexity index is 686. The number of carbonyl (C=O) groups is 1. The maximum Gasteiger partial charge on any atom is 0.261 e. The Balaban J connectivity index is 3.25. The van der Waals surface area contributed by atoms with Crippen molar-refractivity contribution in [1.29, 1.82) is 0 Å². The fourth-order valence-corrected chi connectivity index (χ4v) is 4.47. The average molecular weight is 319 g/mol. The molecule has 0 heterocycles. The Kier molecular flexibility index (Phi) is 4.31. The molecule has 0 atom stereocenters. The van der Waals surface area contributed by atoms with Gasteiger partial charge in [0.15, 0.2) is 19.7 Å². The lowest BCUT2D eigenvalue weighted by Gasteiger charge is -2.24. The van der Waals surface area contributed by atoms with Gasteiger partial charge in [-0.05, 0) is 26.0 Å². The molecule has 0 aliphatic carbocycles. The van der Waals surface area contributed by atoms with E-state index in [0.29, 0.717) is 5.69 Å². The summed E-state index contributed by atoms with van der Waals surface area (Å²) in [5.74, 6) is -1.09. The van der Waals surface area contributed by atoms with Gasteiger partial charge in [0.2, 0.25) is 4.08 Å². The van der Waals surface area contributed by atoms with Crippen molar-refractivity contribution in [3.05, 3.63) is 29.8 Å². The van der Waals surface area contributed by atoms with Crippen LogP contribution in [0.25, 0.3) is 0 Å². The van der Waals surface area contributed by atoms with Gasteiger partial charge in [-0.1, -0.05) is 17.7 Å². The van der Waals surface area contributed by atoms with Gasteiger partial charge >= 0.3 is 0 Å². The SMILES string of the molecule is Cc1ccc(NC(=O)C(C)(S(C)(=O)=O)S(C)(=O)=O)cc1. The first-order valence-corrected chi connectivity index (χ1v) is 9.45. The molecule has 6 nitrogen and oxygen atoms in total. The number of sulfone groups is 2. The van der Waals surface area contributed by atoms with Gasteiger partial charge in [0.1, 0.15) is 0 Å². The molecule has 20 heavy (non-hydrogen) atoms. The highest BCUT2D eigenvalue weighted by Gasteiger charge is 2.52.